The summed E-state index contributed by atoms with van der Waals surface area (Å²) in [5, 5.41) is 0. The van der Waals surface area contributed by atoms with E-state index in [1.54, 1.807) is 0 Å². The molecule has 0 bridgehead atoms. The topological polar surface area (TPSA) is 41.7 Å². The second kappa shape index (κ2) is 11.2. The summed E-state index contributed by atoms with van der Waals surface area (Å²) in [6.45, 7) is 6.68. The van der Waals surface area contributed by atoms with Crippen LogP contribution in [0, 0.1) is 0 Å². The summed E-state index contributed by atoms with van der Waals surface area (Å²) in [4.78, 5) is 4.89. The number of para-hydroxylation sites is 1. The zero-order valence-corrected chi connectivity index (χ0v) is 16.0. The van der Waals surface area contributed by atoms with E-state index in [2.05, 4.69) is 52.3 Å². The number of nitrogens with two attached hydrogens (primary N) is 1. The molecular formula is C19H27Cl2N3O. The second-order valence-corrected chi connectivity index (χ2v) is 5.96. The van der Waals surface area contributed by atoms with Gasteiger partial charge in [-0.1, -0.05) is 30.3 Å². The van der Waals surface area contributed by atoms with Crippen LogP contribution in [0.4, 0.5) is 11.4 Å². The lowest BCUT2D eigenvalue weighted by molar-refractivity contribution is 0.0391. The Morgan fingerprint density at radius 1 is 0.960 bits per heavy atom. The predicted molar refractivity (Wildman–Crippen MR) is 110 cm³/mol. The minimum absolute atomic E-state index is 0. The molecule has 25 heavy (non-hydrogen) atoms. The van der Waals surface area contributed by atoms with Gasteiger partial charge in [0.2, 0.25) is 0 Å². The van der Waals surface area contributed by atoms with Crippen LogP contribution in [0.5, 0.6) is 0 Å². The van der Waals surface area contributed by atoms with E-state index in [1.165, 1.54) is 11.3 Å². The highest BCUT2D eigenvalue weighted by atomic mass is 35.5. The van der Waals surface area contributed by atoms with E-state index >= 15 is 0 Å². The van der Waals surface area contributed by atoms with Gasteiger partial charge in [-0.3, -0.25) is 4.90 Å². The Bertz CT molecular complexity index is 607. The van der Waals surface area contributed by atoms with Crippen LogP contribution in [0.25, 0.3) is 0 Å². The fraction of sp³-hybridized carbons (Fsp3) is 0.368. The lowest BCUT2D eigenvalue weighted by Gasteiger charge is -2.31. The number of hydrogen-bond acceptors (Lipinski definition) is 4. The number of anilines is 2. The van der Waals surface area contributed by atoms with E-state index in [4.69, 9.17) is 10.5 Å². The van der Waals surface area contributed by atoms with Crippen molar-refractivity contribution < 1.29 is 4.74 Å². The average Bonchev–Trinajstić information content (AvgIpc) is 2.60. The van der Waals surface area contributed by atoms with Crippen molar-refractivity contribution in [2.75, 3.05) is 50.0 Å². The molecule has 1 fully saturated rings. The first-order chi connectivity index (χ1) is 11.3. The highest BCUT2D eigenvalue weighted by Gasteiger charge is 2.13. The van der Waals surface area contributed by atoms with Gasteiger partial charge >= 0.3 is 0 Å². The highest BCUT2D eigenvalue weighted by molar-refractivity contribution is 5.85. The summed E-state index contributed by atoms with van der Waals surface area (Å²) < 4.78 is 5.43. The van der Waals surface area contributed by atoms with Crippen LogP contribution in [-0.2, 0) is 11.3 Å². The van der Waals surface area contributed by atoms with Crippen molar-refractivity contribution in [2.45, 2.75) is 6.54 Å². The van der Waals surface area contributed by atoms with Crippen LogP contribution in [0.3, 0.4) is 0 Å². The van der Waals surface area contributed by atoms with Crippen molar-refractivity contribution in [2.24, 2.45) is 0 Å². The van der Waals surface area contributed by atoms with Crippen molar-refractivity contribution in [3.8, 4) is 0 Å². The molecule has 3 rings (SSSR count). The van der Waals surface area contributed by atoms with E-state index in [0.717, 1.165) is 51.6 Å². The normalized spacial score (nSPS) is 14.2. The highest BCUT2D eigenvalue weighted by Crippen LogP contribution is 2.18. The second-order valence-electron chi connectivity index (χ2n) is 5.96. The molecule has 0 unspecified atom stereocenters. The number of hydrogen-bond donors (Lipinski definition) is 1. The minimum Gasteiger partial charge on any atom is -0.399 e. The Hall–Kier alpha value is -1.46. The number of morpholine rings is 1. The maximum Gasteiger partial charge on any atom is 0.0594 e. The van der Waals surface area contributed by atoms with Gasteiger partial charge in [-0.05, 0) is 29.8 Å². The number of ether oxygens (including phenoxy) is 1. The van der Waals surface area contributed by atoms with E-state index in [9.17, 15) is 0 Å². The quantitative estimate of drug-likeness (QED) is 0.775. The predicted octanol–water partition coefficient (Wildman–Crippen LogP) is 3.45. The number of halogens is 2. The van der Waals surface area contributed by atoms with E-state index in [1.807, 2.05) is 12.1 Å². The van der Waals surface area contributed by atoms with Crippen LogP contribution < -0.4 is 10.6 Å². The fourth-order valence-corrected chi connectivity index (χ4v) is 2.94. The van der Waals surface area contributed by atoms with Gasteiger partial charge in [-0.15, -0.1) is 24.8 Å². The van der Waals surface area contributed by atoms with Gasteiger partial charge < -0.3 is 15.4 Å². The van der Waals surface area contributed by atoms with E-state index in [-0.39, 0.29) is 24.8 Å². The largest absolute Gasteiger partial charge is 0.399 e. The fourth-order valence-electron chi connectivity index (χ4n) is 2.94. The molecular weight excluding hydrogens is 357 g/mol. The van der Waals surface area contributed by atoms with Gasteiger partial charge in [-0.2, -0.15) is 0 Å². The summed E-state index contributed by atoms with van der Waals surface area (Å²) in [7, 11) is 0. The molecule has 1 heterocycles. The zero-order valence-electron chi connectivity index (χ0n) is 14.3. The van der Waals surface area contributed by atoms with Crippen molar-refractivity contribution in [3.63, 3.8) is 0 Å². The van der Waals surface area contributed by atoms with Gasteiger partial charge in [0.1, 0.15) is 0 Å². The minimum atomic E-state index is 0. The molecule has 138 valence electrons. The summed E-state index contributed by atoms with van der Waals surface area (Å²) >= 11 is 0. The molecule has 0 radical (unpaired) electrons. The smallest absolute Gasteiger partial charge is 0.0594 e. The maximum atomic E-state index is 5.92. The summed E-state index contributed by atoms with van der Waals surface area (Å²) in [5.74, 6) is 0. The summed E-state index contributed by atoms with van der Waals surface area (Å²) in [6.07, 6.45) is 0. The molecule has 2 aromatic rings. The number of benzene rings is 2. The number of nitrogen functional groups attached to an aromatic ring is 1. The Balaban J connectivity index is 0.00000156. The van der Waals surface area contributed by atoms with Crippen molar-refractivity contribution in [3.05, 3.63) is 60.2 Å². The van der Waals surface area contributed by atoms with Gasteiger partial charge in [0, 0.05) is 44.1 Å². The number of rotatable bonds is 6. The third kappa shape index (κ3) is 6.75. The standard InChI is InChI=1S/C19H25N3O.2ClH/c20-18-6-4-5-17(15-18)16-22(19-7-2-1-3-8-19)10-9-21-11-13-23-14-12-21;;/h1-8,15H,9-14,16,20H2;2*1H. The molecule has 0 aromatic heterocycles. The SMILES string of the molecule is Cl.Cl.Nc1cccc(CN(CCN2CCOCC2)c2ccccc2)c1. The van der Waals surface area contributed by atoms with Crippen molar-refractivity contribution >= 4 is 36.2 Å². The molecule has 0 spiro atoms. The average molecular weight is 384 g/mol. The molecule has 2 N–H and O–H groups in total. The molecule has 0 saturated carbocycles. The molecule has 2 aromatic carbocycles. The van der Waals surface area contributed by atoms with Crippen LogP contribution in [0.2, 0.25) is 0 Å². The molecule has 1 saturated heterocycles. The first-order valence-electron chi connectivity index (χ1n) is 8.26. The Morgan fingerprint density at radius 2 is 1.68 bits per heavy atom. The van der Waals surface area contributed by atoms with Crippen LogP contribution in [-0.4, -0.2) is 44.3 Å². The molecule has 6 heteroatoms. The molecule has 4 nitrogen and oxygen atoms in total. The Morgan fingerprint density at radius 3 is 2.36 bits per heavy atom. The van der Waals surface area contributed by atoms with Gasteiger partial charge in [0.05, 0.1) is 13.2 Å². The lowest BCUT2D eigenvalue weighted by Crippen LogP contribution is -2.41. The Labute approximate surface area is 162 Å². The van der Waals surface area contributed by atoms with E-state index in [0.29, 0.717) is 0 Å². The van der Waals surface area contributed by atoms with Gasteiger partial charge in [0.15, 0.2) is 0 Å². The molecule has 0 aliphatic carbocycles. The summed E-state index contributed by atoms with van der Waals surface area (Å²) in [6, 6.07) is 18.7. The molecule has 1 aliphatic rings. The lowest BCUT2D eigenvalue weighted by atomic mass is 10.1. The molecule has 0 amide bonds. The maximum absolute atomic E-state index is 5.92. The molecule has 1 aliphatic heterocycles. The first-order valence-corrected chi connectivity index (χ1v) is 8.26. The van der Waals surface area contributed by atoms with Crippen LogP contribution >= 0.6 is 24.8 Å². The monoisotopic (exact) mass is 383 g/mol. The third-order valence-corrected chi connectivity index (χ3v) is 4.24. The van der Waals surface area contributed by atoms with E-state index < -0.39 is 0 Å². The Kier molecular flexibility index (Phi) is 9.68. The van der Waals surface area contributed by atoms with Gasteiger partial charge in [-0.25, -0.2) is 0 Å². The van der Waals surface area contributed by atoms with Crippen LogP contribution in [0.15, 0.2) is 54.6 Å². The first kappa shape index (κ1) is 21.6. The third-order valence-electron chi connectivity index (χ3n) is 4.24. The zero-order chi connectivity index (χ0) is 15.9. The molecule has 0 atom stereocenters. The van der Waals surface area contributed by atoms with Crippen LogP contribution in [0.1, 0.15) is 5.56 Å². The van der Waals surface area contributed by atoms with Gasteiger partial charge in [0.25, 0.3) is 0 Å². The van der Waals surface area contributed by atoms with Crippen molar-refractivity contribution in [1.29, 1.82) is 0 Å². The summed E-state index contributed by atoms with van der Waals surface area (Å²) in [5.41, 5.74) is 9.25. The number of nitrogens with zero attached hydrogens (tertiary/aromatic N) is 2. The van der Waals surface area contributed by atoms with Crippen molar-refractivity contribution in [1.82, 2.24) is 4.90 Å².